The van der Waals surface area contributed by atoms with Gasteiger partial charge in [-0.15, -0.1) is 0 Å². The van der Waals surface area contributed by atoms with Crippen LogP contribution in [0.2, 0.25) is 0 Å². The predicted molar refractivity (Wildman–Crippen MR) is 98.6 cm³/mol. The molecule has 0 saturated carbocycles. The molecule has 4 heteroatoms. The Morgan fingerprint density at radius 1 is 1.14 bits per heavy atom. The summed E-state index contributed by atoms with van der Waals surface area (Å²) in [5, 5.41) is 0. The maximum atomic E-state index is 2.59. The van der Waals surface area contributed by atoms with Crippen molar-refractivity contribution in [3.8, 4) is 0 Å². The van der Waals surface area contributed by atoms with Gasteiger partial charge >= 0.3 is 0 Å². The summed E-state index contributed by atoms with van der Waals surface area (Å²) < 4.78 is 0. The minimum Gasteiger partial charge on any atom is -0.303 e. The van der Waals surface area contributed by atoms with Crippen LogP contribution >= 0.6 is 11.8 Å². The van der Waals surface area contributed by atoms with Crippen molar-refractivity contribution in [1.29, 1.82) is 0 Å². The second-order valence-electron chi connectivity index (χ2n) is 6.50. The Balaban J connectivity index is 1.86. The molecule has 1 aliphatic rings. The van der Waals surface area contributed by atoms with Crippen molar-refractivity contribution < 1.29 is 0 Å². The SMILES string of the molecule is CSCCN1CCN(Cc2cccc([C@@H](C)N(C)C)c2)CC1. The van der Waals surface area contributed by atoms with Crippen LogP contribution in [0.4, 0.5) is 0 Å². The topological polar surface area (TPSA) is 9.72 Å². The van der Waals surface area contributed by atoms with Crippen LogP contribution in [0.25, 0.3) is 0 Å². The van der Waals surface area contributed by atoms with Gasteiger partial charge in [0.05, 0.1) is 0 Å². The Labute approximate surface area is 140 Å². The van der Waals surface area contributed by atoms with Gasteiger partial charge in [-0.1, -0.05) is 24.3 Å². The van der Waals surface area contributed by atoms with Gasteiger partial charge in [0.15, 0.2) is 0 Å². The lowest BCUT2D eigenvalue weighted by atomic mass is 10.0. The zero-order valence-corrected chi connectivity index (χ0v) is 15.4. The molecule has 1 heterocycles. The molecule has 1 aromatic carbocycles. The average Bonchev–Trinajstić information content (AvgIpc) is 2.53. The molecule has 0 aliphatic carbocycles. The average molecular weight is 322 g/mol. The number of thioether (sulfide) groups is 1. The molecule has 0 radical (unpaired) electrons. The van der Waals surface area contributed by atoms with Gasteiger partial charge in [-0.05, 0) is 38.4 Å². The van der Waals surface area contributed by atoms with Crippen molar-refractivity contribution in [2.75, 3.05) is 58.8 Å². The molecule has 0 amide bonds. The van der Waals surface area contributed by atoms with Gasteiger partial charge in [-0.2, -0.15) is 11.8 Å². The molecular weight excluding hydrogens is 290 g/mol. The molecular formula is C18H31N3S. The quantitative estimate of drug-likeness (QED) is 0.763. The van der Waals surface area contributed by atoms with Crippen LogP contribution in [-0.4, -0.2) is 73.5 Å². The third-order valence-electron chi connectivity index (χ3n) is 4.69. The zero-order valence-electron chi connectivity index (χ0n) is 14.6. The lowest BCUT2D eigenvalue weighted by Crippen LogP contribution is -2.46. The summed E-state index contributed by atoms with van der Waals surface area (Å²) in [6.45, 7) is 9.42. The van der Waals surface area contributed by atoms with E-state index in [4.69, 9.17) is 0 Å². The van der Waals surface area contributed by atoms with E-state index in [-0.39, 0.29) is 0 Å². The molecule has 1 fully saturated rings. The first-order chi connectivity index (χ1) is 10.6. The molecule has 2 rings (SSSR count). The summed E-state index contributed by atoms with van der Waals surface area (Å²) in [6, 6.07) is 9.58. The van der Waals surface area contributed by atoms with Crippen molar-refractivity contribution in [3.05, 3.63) is 35.4 Å². The Morgan fingerprint density at radius 3 is 2.45 bits per heavy atom. The Bertz CT molecular complexity index is 442. The van der Waals surface area contributed by atoms with E-state index in [0.29, 0.717) is 6.04 Å². The first-order valence-corrected chi connectivity index (χ1v) is 9.68. The van der Waals surface area contributed by atoms with Crippen molar-refractivity contribution in [2.24, 2.45) is 0 Å². The molecule has 0 spiro atoms. The zero-order chi connectivity index (χ0) is 15.9. The molecule has 1 atom stereocenters. The Kier molecular flexibility index (Phi) is 7.22. The third-order valence-corrected chi connectivity index (χ3v) is 5.28. The van der Waals surface area contributed by atoms with Gasteiger partial charge in [-0.3, -0.25) is 9.80 Å². The second kappa shape index (κ2) is 8.92. The molecule has 0 bridgehead atoms. The maximum Gasteiger partial charge on any atom is 0.0313 e. The van der Waals surface area contributed by atoms with Crippen molar-refractivity contribution >= 4 is 11.8 Å². The molecule has 22 heavy (non-hydrogen) atoms. The van der Waals surface area contributed by atoms with Crippen LogP contribution in [0, 0.1) is 0 Å². The van der Waals surface area contributed by atoms with Gasteiger partial charge < -0.3 is 4.90 Å². The van der Waals surface area contributed by atoms with Crippen LogP contribution in [0.5, 0.6) is 0 Å². The first-order valence-electron chi connectivity index (χ1n) is 8.29. The van der Waals surface area contributed by atoms with Crippen LogP contribution in [-0.2, 0) is 6.54 Å². The highest BCUT2D eigenvalue weighted by atomic mass is 32.2. The van der Waals surface area contributed by atoms with E-state index in [1.165, 1.54) is 49.6 Å². The fraction of sp³-hybridized carbons (Fsp3) is 0.667. The van der Waals surface area contributed by atoms with Crippen LogP contribution in [0.3, 0.4) is 0 Å². The van der Waals surface area contributed by atoms with E-state index in [2.05, 4.69) is 66.2 Å². The summed E-state index contributed by atoms with van der Waals surface area (Å²) in [6.07, 6.45) is 2.19. The monoisotopic (exact) mass is 321 g/mol. The Hall–Kier alpha value is -0.550. The van der Waals surface area contributed by atoms with E-state index in [1.807, 2.05) is 11.8 Å². The van der Waals surface area contributed by atoms with Crippen molar-refractivity contribution in [2.45, 2.75) is 19.5 Å². The van der Waals surface area contributed by atoms with Gasteiger partial charge in [0.2, 0.25) is 0 Å². The molecule has 0 aromatic heterocycles. The van der Waals surface area contributed by atoms with E-state index in [1.54, 1.807) is 0 Å². The fourth-order valence-electron chi connectivity index (χ4n) is 2.90. The fourth-order valence-corrected chi connectivity index (χ4v) is 3.34. The summed E-state index contributed by atoms with van der Waals surface area (Å²) in [7, 11) is 4.29. The molecule has 3 nitrogen and oxygen atoms in total. The Morgan fingerprint density at radius 2 is 1.82 bits per heavy atom. The van der Waals surface area contributed by atoms with Crippen LogP contribution in [0.15, 0.2) is 24.3 Å². The van der Waals surface area contributed by atoms with Gasteiger partial charge in [0, 0.05) is 51.1 Å². The van der Waals surface area contributed by atoms with Gasteiger partial charge in [0.25, 0.3) is 0 Å². The lowest BCUT2D eigenvalue weighted by Gasteiger charge is -2.34. The highest BCUT2D eigenvalue weighted by molar-refractivity contribution is 7.98. The number of hydrogen-bond donors (Lipinski definition) is 0. The van der Waals surface area contributed by atoms with E-state index in [9.17, 15) is 0 Å². The number of benzene rings is 1. The van der Waals surface area contributed by atoms with Gasteiger partial charge in [0.1, 0.15) is 0 Å². The summed E-state index contributed by atoms with van der Waals surface area (Å²) >= 11 is 1.95. The van der Waals surface area contributed by atoms with E-state index < -0.39 is 0 Å². The molecule has 1 aromatic rings. The maximum absolute atomic E-state index is 2.59. The summed E-state index contributed by atoms with van der Waals surface area (Å²) in [4.78, 5) is 7.45. The normalized spacial score (nSPS) is 18.8. The first kappa shape index (κ1) is 17.8. The number of rotatable bonds is 7. The number of hydrogen-bond acceptors (Lipinski definition) is 4. The van der Waals surface area contributed by atoms with Crippen molar-refractivity contribution in [1.82, 2.24) is 14.7 Å². The number of nitrogens with zero attached hydrogens (tertiary/aromatic N) is 3. The molecule has 0 N–H and O–H groups in total. The van der Waals surface area contributed by atoms with Gasteiger partial charge in [-0.25, -0.2) is 0 Å². The molecule has 124 valence electrons. The predicted octanol–water partition coefficient (Wildman–Crippen LogP) is 2.79. The highest BCUT2D eigenvalue weighted by Gasteiger charge is 2.17. The molecule has 1 aliphatic heterocycles. The van der Waals surface area contributed by atoms with E-state index >= 15 is 0 Å². The highest BCUT2D eigenvalue weighted by Crippen LogP contribution is 2.19. The standard InChI is InChI=1S/C18H31N3S/c1-16(19(2)3)18-7-5-6-17(14-18)15-21-10-8-20(9-11-21)12-13-22-4/h5-7,14,16H,8-13,15H2,1-4H3/t16-/m1/s1. The third kappa shape index (κ3) is 5.27. The summed E-state index contributed by atoms with van der Waals surface area (Å²) in [5.74, 6) is 1.25. The van der Waals surface area contributed by atoms with Crippen LogP contribution < -0.4 is 0 Å². The number of piperazine rings is 1. The van der Waals surface area contributed by atoms with E-state index in [0.717, 1.165) is 6.54 Å². The molecule has 1 saturated heterocycles. The minimum absolute atomic E-state index is 0.475. The molecule has 0 unspecified atom stereocenters. The smallest absolute Gasteiger partial charge is 0.0313 e. The van der Waals surface area contributed by atoms with Crippen LogP contribution in [0.1, 0.15) is 24.1 Å². The second-order valence-corrected chi connectivity index (χ2v) is 7.48. The summed E-state index contributed by atoms with van der Waals surface area (Å²) in [5.41, 5.74) is 2.87. The van der Waals surface area contributed by atoms with Crippen molar-refractivity contribution in [3.63, 3.8) is 0 Å². The lowest BCUT2D eigenvalue weighted by molar-refractivity contribution is 0.133. The largest absolute Gasteiger partial charge is 0.303 e. The minimum atomic E-state index is 0.475.